The lowest BCUT2D eigenvalue weighted by atomic mass is 10.2. The van der Waals surface area contributed by atoms with Crippen molar-refractivity contribution in [2.24, 2.45) is 0 Å². The normalized spacial score (nSPS) is 11.0. The molecular formula is C13H16F2N4O2. The summed E-state index contributed by atoms with van der Waals surface area (Å²) < 4.78 is 29.8. The average molecular weight is 298 g/mol. The van der Waals surface area contributed by atoms with E-state index in [0.29, 0.717) is 19.6 Å². The molecule has 0 saturated carbocycles. The fraction of sp³-hybridized carbons (Fsp3) is 0.385. The lowest BCUT2D eigenvalue weighted by Crippen LogP contribution is -2.13. The van der Waals surface area contributed by atoms with E-state index in [4.69, 9.17) is 5.11 Å². The van der Waals surface area contributed by atoms with Crippen LogP contribution in [0.5, 0.6) is 5.75 Å². The number of benzene rings is 1. The van der Waals surface area contributed by atoms with E-state index in [2.05, 4.69) is 20.4 Å². The van der Waals surface area contributed by atoms with Crippen LogP contribution in [0, 0.1) is 0 Å². The average Bonchev–Trinajstić information content (AvgIpc) is 2.88. The Hall–Kier alpha value is -2.06. The quantitative estimate of drug-likeness (QED) is 0.765. The van der Waals surface area contributed by atoms with Gasteiger partial charge in [-0.25, -0.2) is 4.68 Å². The molecule has 6 nitrogen and oxygen atoms in total. The molecule has 0 aliphatic rings. The van der Waals surface area contributed by atoms with E-state index in [-0.39, 0.29) is 12.4 Å². The molecule has 2 N–H and O–H groups in total. The van der Waals surface area contributed by atoms with Gasteiger partial charge in [0.15, 0.2) is 0 Å². The molecule has 0 fully saturated rings. The van der Waals surface area contributed by atoms with Gasteiger partial charge in [0.2, 0.25) is 0 Å². The molecule has 8 heteroatoms. The van der Waals surface area contributed by atoms with Gasteiger partial charge >= 0.3 is 6.61 Å². The molecule has 0 radical (unpaired) electrons. The monoisotopic (exact) mass is 298 g/mol. The van der Waals surface area contributed by atoms with E-state index < -0.39 is 6.61 Å². The van der Waals surface area contributed by atoms with Crippen molar-refractivity contribution >= 4 is 0 Å². The molecule has 1 aromatic carbocycles. The summed E-state index contributed by atoms with van der Waals surface area (Å²) in [5.74, 6) is 0.140. The highest BCUT2D eigenvalue weighted by atomic mass is 19.3. The fourth-order valence-corrected chi connectivity index (χ4v) is 1.75. The summed E-state index contributed by atoms with van der Waals surface area (Å²) in [6.07, 6.45) is 1.75. The highest BCUT2D eigenvalue weighted by Gasteiger charge is 2.04. The highest BCUT2D eigenvalue weighted by molar-refractivity contribution is 5.27. The van der Waals surface area contributed by atoms with Crippen molar-refractivity contribution in [1.29, 1.82) is 0 Å². The van der Waals surface area contributed by atoms with Crippen LogP contribution in [0.3, 0.4) is 0 Å². The zero-order valence-corrected chi connectivity index (χ0v) is 11.2. The SMILES string of the molecule is OCCn1cc(CNCc2ccc(OC(F)F)cc2)nn1. The molecule has 0 atom stereocenters. The Morgan fingerprint density at radius 3 is 2.67 bits per heavy atom. The molecule has 2 aromatic rings. The molecule has 21 heavy (non-hydrogen) atoms. The van der Waals surface area contributed by atoms with E-state index in [0.717, 1.165) is 11.3 Å². The summed E-state index contributed by atoms with van der Waals surface area (Å²) in [7, 11) is 0. The zero-order chi connectivity index (χ0) is 15.1. The number of aliphatic hydroxyl groups is 1. The van der Waals surface area contributed by atoms with Crippen molar-refractivity contribution in [2.75, 3.05) is 6.61 Å². The standard InChI is InChI=1S/C13H16F2N4O2/c14-13(15)21-12-3-1-10(2-4-12)7-16-8-11-9-19(5-6-20)18-17-11/h1-4,9,13,16,20H,5-8H2. The van der Waals surface area contributed by atoms with Crippen molar-refractivity contribution in [3.05, 3.63) is 41.7 Å². The number of aromatic nitrogens is 3. The van der Waals surface area contributed by atoms with Crippen molar-refractivity contribution in [1.82, 2.24) is 20.3 Å². The highest BCUT2D eigenvalue weighted by Crippen LogP contribution is 2.14. The molecule has 0 aliphatic heterocycles. The lowest BCUT2D eigenvalue weighted by molar-refractivity contribution is -0.0498. The number of nitrogens with one attached hydrogen (secondary N) is 1. The van der Waals surface area contributed by atoms with Crippen LogP contribution < -0.4 is 10.1 Å². The van der Waals surface area contributed by atoms with Crippen LogP contribution in [0.15, 0.2) is 30.5 Å². The topological polar surface area (TPSA) is 72.2 Å². The Balaban J connectivity index is 1.77. The maximum Gasteiger partial charge on any atom is 0.387 e. The van der Waals surface area contributed by atoms with E-state index >= 15 is 0 Å². The first-order valence-corrected chi connectivity index (χ1v) is 6.41. The number of rotatable bonds is 8. The largest absolute Gasteiger partial charge is 0.435 e. The fourth-order valence-electron chi connectivity index (χ4n) is 1.75. The van der Waals surface area contributed by atoms with Crippen molar-refractivity contribution in [3.63, 3.8) is 0 Å². The number of halogens is 2. The van der Waals surface area contributed by atoms with Gasteiger partial charge in [0, 0.05) is 19.3 Å². The van der Waals surface area contributed by atoms with Gasteiger partial charge in [0.1, 0.15) is 5.75 Å². The van der Waals surface area contributed by atoms with Gasteiger partial charge < -0.3 is 15.2 Å². The minimum Gasteiger partial charge on any atom is -0.435 e. The number of alkyl halides is 2. The first kappa shape index (κ1) is 15.3. The third-order valence-corrected chi connectivity index (χ3v) is 2.70. The maximum atomic E-state index is 12.0. The minimum absolute atomic E-state index is 0.0171. The number of ether oxygens (including phenoxy) is 1. The first-order valence-electron chi connectivity index (χ1n) is 6.41. The molecule has 0 amide bonds. The van der Waals surface area contributed by atoms with Crippen molar-refractivity contribution in [3.8, 4) is 5.75 Å². The molecule has 0 bridgehead atoms. The van der Waals surface area contributed by atoms with Gasteiger partial charge in [-0.15, -0.1) is 5.10 Å². The summed E-state index contributed by atoms with van der Waals surface area (Å²) in [4.78, 5) is 0. The van der Waals surface area contributed by atoms with E-state index in [1.807, 2.05) is 0 Å². The van der Waals surface area contributed by atoms with Gasteiger partial charge in [0.25, 0.3) is 0 Å². The van der Waals surface area contributed by atoms with Crippen LogP contribution in [0.4, 0.5) is 8.78 Å². The Labute approximate surface area is 120 Å². The summed E-state index contributed by atoms with van der Waals surface area (Å²) >= 11 is 0. The van der Waals surface area contributed by atoms with Crippen molar-refractivity contribution < 1.29 is 18.6 Å². The lowest BCUT2D eigenvalue weighted by Gasteiger charge is -2.06. The zero-order valence-electron chi connectivity index (χ0n) is 11.2. The van der Waals surface area contributed by atoms with Gasteiger partial charge in [0.05, 0.1) is 18.8 Å². The maximum absolute atomic E-state index is 12.0. The molecule has 0 unspecified atom stereocenters. The molecule has 1 aromatic heterocycles. The van der Waals surface area contributed by atoms with E-state index in [9.17, 15) is 8.78 Å². The second-order valence-electron chi connectivity index (χ2n) is 4.32. The van der Waals surface area contributed by atoms with Gasteiger partial charge in [-0.05, 0) is 17.7 Å². The first-order chi connectivity index (χ1) is 10.2. The van der Waals surface area contributed by atoms with Gasteiger partial charge in [-0.3, -0.25) is 0 Å². The number of hydrogen-bond donors (Lipinski definition) is 2. The second kappa shape index (κ2) is 7.65. The molecular weight excluding hydrogens is 282 g/mol. The number of aliphatic hydroxyl groups excluding tert-OH is 1. The Kier molecular flexibility index (Phi) is 5.59. The molecule has 1 heterocycles. The van der Waals surface area contributed by atoms with E-state index in [1.54, 1.807) is 23.0 Å². The van der Waals surface area contributed by atoms with Crippen LogP contribution >= 0.6 is 0 Å². The number of hydrogen-bond acceptors (Lipinski definition) is 5. The Morgan fingerprint density at radius 2 is 2.00 bits per heavy atom. The molecule has 2 rings (SSSR count). The smallest absolute Gasteiger partial charge is 0.387 e. The summed E-state index contributed by atoms with van der Waals surface area (Å²) in [6, 6.07) is 6.43. The number of nitrogens with zero attached hydrogens (tertiary/aromatic N) is 3. The van der Waals surface area contributed by atoms with Gasteiger partial charge in [-0.2, -0.15) is 8.78 Å². The summed E-state index contributed by atoms with van der Waals surface area (Å²) in [5.41, 5.74) is 1.71. The summed E-state index contributed by atoms with van der Waals surface area (Å²) in [6.45, 7) is -1.28. The summed E-state index contributed by atoms with van der Waals surface area (Å²) in [5, 5.41) is 19.7. The van der Waals surface area contributed by atoms with Gasteiger partial charge in [-0.1, -0.05) is 17.3 Å². The van der Waals surface area contributed by atoms with Crippen LogP contribution in [0.1, 0.15) is 11.3 Å². The second-order valence-corrected chi connectivity index (χ2v) is 4.32. The van der Waals surface area contributed by atoms with Crippen LogP contribution in [0.25, 0.3) is 0 Å². The minimum atomic E-state index is -2.81. The van der Waals surface area contributed by atoms with Crippen molar-refractivity contribution in [2.45, 2.75) is 26.2 Å². The van der Waals surface area contributed by atoms with Crippen LogP contribution in [-0.4, -0.2) is 33.3 Å². The van der Waals surface area contributed by atoms with Crippen LogP contribution in [-0.2, 0) is 19.6 Å². The predicted octanol–water partition coefficient (Wildman–Crippen LogP) is 1.16. The predicted molar refractivity (Wildman–Crippen MR) is 70.7 cm³/mol. The van der Waals surface area contributed by atoms with Crippen LogP contribution in [0.2, 0.25) is 0 Å². The third-order valence-electron chi connectivity index (χ3n) is 2.70. The molecule has 0 aliphatic carbocycles. The van der Waals surface area contributed by atoms with E-state index in [1.165, 1.54) is 12.1 Å². The molecule has 0 spiro atoms. The molecule has 0 saturated heterocycles. The Morgan fingerprint density at radius 1 is 1.24 bits per heavy atom. The molecule has 114 valence electrons. The third kappa shape index (κ3) is 5.09. The Bertz CT molecular complexity index is 545.